The molecular formula is C61H80N6O11. The highest BCUT2D eigenvalue weighted by Crippen LogP contribution is 2.42. The van der Waals surface area contributed by atoms with E-state index in [-0.39, 0.29) is 38.7 Å². The average Bonchev–Trinajstić information content (AvgIpc) is 3.84. The number of hydrogen-bond acceptors (Lipinski definition) is 12. The van der Waals surface area contributed by atoms with Gasteiger partial charge in [-0.25, -0.2) is 24.0 Å². The first-order valence-corrected chi connectivity index (χ1v) is 27.8. The first kappa shape index (κ1) is 58.9. The number of amides is 5. The number of hydrogen-bond donors (Lipinski definition) is 4. The molecule has 6 unspecified atom stereocenters. The van der Waals surface area contributed by atoms with E-state index in [1.807, 2.05) is 38.2 Å². The molecule has 0 spiro atoms. The first-order chi connectivity index (χ1) is 37.3. The molecule has 17 heteroatoms. The van der Waals surface area contributed by atoms with E-state index in [2.05, 4.69) is 66.3 Å². The van der Waals surface area contributed by atoms with Crippen molar-refractivity contribution in [3.63, 3.8) is 0 Å². The maximum absolute atomic E-state index is 13.6. The van der Waals surface area contributed by atoms with E-state index in [4.69, 9.17) is 14.2 Å². The second kappa shape index (κ2) is 26.2. The van der Waals surface area contributed by atoms with E-state index in [1.165, 1.54) is 18.2 Å². The number of ether oxygens (including phenoxy) is 3. The van der Waals surface area contributed by atoms with E-state index in [0.717, 1.165) is 101 Å². The van der Waals surface area contributed by atoms with Gasteiger partial charge in [0.25, 0.3) is 5.91 Å². The van der Waals surface area contributed by atoms with Crippen molar-refractivity contribution in [2.75, 3.05) is 65.7 Å². The Balaban J connectivity index is 0.937. The maximum Gasteiger partial charge on any atom is 0.434 e. The molecular weight excluding hydrogens is 993 g/mol. The van der Waals surface area contributed by atoms with E-state index in [1.54, 1.807) is 48.5 Å². The molecule has 0 radical (unpaired) electrons. The molecule has 0 bridgehead atoms. The molecule has 3 saturated heterocycles. The van der Waals surface area contributed by atoms with Gasteiger partial charge < -0.3 is 44.4 Å². The summed E-state index contributed by atoms with van der Waals surface area (Å²) in [6, 6.07) is 26.7. The Morgan fingerprint density at radius 2 is 1.09 bits per heavy atom. The van der Waals surface area contributed by atoms with Gasteiger partial charge in [-0.05, 0) is 188 Å². The fraction of sp³-hybridized carbons (Fsp3) is 0.508. The molecule has 0 saturated carbocycles. The molecule has 3 heterocycles. The molecule has 3 aliphatic rings. The molecule has 4 aromatic carbocycles. The predicted molar refractivity (Wildman–Crippen MR) is 299 cm³/mol. The van der Waals surface area contributed by atoms with Crippen molar-refractivity contribution in [1.82, 2.24) is 24.9 Å². The Hall–Kier alpha value is -6.82. The van der Waals surface area contributed by atoms with Crippen molar-refractivity contribution in [1.29, 1.82) is 0 Å². The molecule has 3 aliphatic heterocycles. The number of anilines is 1. The summed E-state index contributed by atoms with van der Waals surface area (Å²) in [5, 5.41) is 26.0. The third-order valence-electron chi connectivity index (χ3n) is 17.0. The second-order valence-electron chi connectivity index (χ2n) is 22.4. The zero-order valence-corrected chi connectivity index (χ0v) is 46.6. The Labute approximate surface area is 459 Å². The number of carbonyl (C=O) groups excluding carboxylic acids is 4. The number of aliphatic carboxylic acids is 1. The highest BCUT2D eigenvalue weighted by atomic mass is 16.6. The number of imide groups is 3. The van der Waals surface area contributed by atoms with Crippen LogP contribution in [0.5, 0.6) is 17.2 Å². The molecule has 4 aromatic rings. The Morgan fingerprint density at radius 1 is 0.628 bits per heavy atom. The Bertz CT molecular complexity index is 2760. The van der Waals surface area contributed by atoms with Gasteiger partial charge in [-0.3, -0.25) is 10.1 Å². The predicted octanol–water partition coefficient (Wildman–Crippen LogP) is 11.4. The topological polar surface area (TPSA) is 208 Å². The lowest BCUT2D eigenvalue weighted by atomic mass is 9.73. The summed E-state index contributed by atoms with van der Waals surface area (Å²) >= 11 is 0. The van der Waals surface area contributed by atoms with Crippen LogP contribution >= 0.6 is 0 Å². The van der Waals surface area contributed by atoms with Crippen LogP contribution in [-0.4, -0.2) is 133 Å². The number of carboxylic acid groups (broad SMARTS) is 2. The van der Waals surface area contributed by atoms with Crippen LogP contribution in [0, 0.1) is 11.8 Å². The van der Waals surface area contributed by atoms with Crippen LogP contribution in [0.3, 0.4) is 0 Å². The van der Waals surface area contributed by atoms with E-state index in [0.29, 0.717) is 43.8 Å². The molecule has 7 rings (SSSR count). The second-order valence-corrected chi connectivity index (χ2v) is 22.4. The molecule has 78 heavy (non-hydrogen) atoms. The van der Waals surface area contributed by atoms with Gasteiger partial charge in [-0.2, -0.15) is 0 Å². The van der Waals surface area contributed by atoms with Gasteiger partial charge in [0.1, 0.15) is 23.3 Å². The van der Waals surface area contributed by atoms with Crippen molar-refractivity contribution in [2.24, 2.45) is 11.8 Å². The minimum atomic E-state index is -1.85. The number of benzene rings is 4. The van der Waals surface area contributed by atoms with Crippen molar-refractivity contribution in [3.8, 4) is 17.2 Å². The monoisotopic (exact) mass is 1070 g/mol. The number of carboxylic acids is 1. The van der Waals surface area contributed by atoms with Crippen LogP contribution < -0.4 is 24.8 Å². The lowest BCUT2D eigenvalue weighted by Gasteiger charge is -2.35. The number of rotatable bonds is 16. The number of nitrogens with zero attached hydrogens (tertiary/aromatic N) is 4. The number of nitrogens with one attached hydrogen (secondary N) is 2. The standard InChI is InChI=1S/C61H80N6O11/c1-8-59(29-11-13-32-64(5)39-59)45-18-15-21-49(35-45)76-55(71)62-48-26-24-44(25-27-48)53(68)63-52(54(69)70)42(4)34-43-28-31-61(10-3,41-66(7)38-43)47-20-17-23-51(37-47)78-58(75)67(56(72)73)57(74)77-50-22-16-19-46(36-50)60(9-2)30-12-14-33-65(6)40-60/h15-27,35-37,42-43,52H,8-14,28-34,38-41H2,1-7H3,(H,62,71)(H,63,68)(H,69,70)(H,72,73). The largest absolute Gasteiger partial charge is 0.480 e. The minimum Gasteiger partial charge on any atom is -0.480 e. The fourth-order valence-electron chi connectivity index (χ4n) is 12.6. The minimum absolute atomic E-state index is 0.0266. The lowest BCUT2D eigenvalue weighted by Crippen LogP contribution is -2.46. The molecule has 5 amide bonds. The molecule has 0 aliphatic carbocycles. The van der Waals surface area contributed by atoms with E-state index in [9.17, 15) is 39.0 Å². The fourth-order valence-corrected chi connectivity index (χ4v) is 12.6. The third kappa shape index (κ3) is 14.5. The molecule has 4 N–H and O–H groups in total. The van der Waals surface area contributed by atoms with Gasteiger partial charge >= 0.3 is 30.3 Å². The van der Waals surface area contributed by atoms with Crippen molar-refractivity contribution < 1.29 is 53.2 Å². The van der Waals surface area contributed by atoms with Gasteiger partial charge in [0.05, 0.1) is 0 Å². The number of likely N-dealkylation sites (N-methyl/N-ethyl adjacent to an activating group) is 3. The summed E-state index contributed by atoms with van der Waals surface area (Å²) in [4.78, 5) is 85.5. The zero-order valence-electron chi connectivity index (χ0n) is 46.6. The van der Waals surface area contributed by atoms with Crippen LogP contribution in [0.1, 0.15) is 132 Å². The third-order valence-corrected chi connectivity index (χ3v) is 17.0. The van der Waals surface area contributed by atoms with Crippen molar-refractivity contribution in [3.05, 3.63) is 119 Å². The van der Waals surface area contributed by atoms with Gasteiger partial charge in [-0.1, -0.05) is 76.9 Å². The Morgan fingerprint density at radius 3 is 1.55 bits per heavy atom. The molecule has 17 nitrogen and oxygen atoms in total. The molecule has 6 atom stereocenters. The molecule has 0 aromatic heterocycles. The summed E-state index contributed by atoms with van der Waals surface area (Å²) in [7, 11) is 6.25. The zero-order chi connectivity index (χ0) is 56.2. The van der Waals surface area contributed by atoms with Crippen LogP contribution in [0.15, 0.2) is 97.1 Å². The number of likely N-dealkylation sites (tertiary alicyclic amines) is 3. The molecule has 420 valence electrons. The number of carbonyl (C=O) groups is 6. The lowest BCUT2D eigenvalue weighted by molar-refractivity contribution is -0.140. The van der Waals surface area contributed by atoms with Gasteiger partial charge in [0, 0.05) is 53.7 Å². The van der Waals surface area contributed by atoms with Crippen LogP contribution in [0.2, 0.25) is 0 Å². The van der Waals surface area contributed by atoms with E-state index < -0.39 is 53.6 Å². The van der Waals surface area contributed by atoms with Gasteiger partial charge in [0.2, 0.25) is 0 Å². The Kier molecular flexibility index (Phi) is 19.8. The summed E-state index contributed by atoms with van der Waals surface area (Å²) in [5.41, 5.74) is 2.98. The highest BCUT2D eigenvalue weighted by molar-refractivity contribution is 6.04. The normalized spacial score (nSPS) is 23.2. The van der Waals surface area contributed by atoms with Crippen molar-refractivity contribution >= 4 is 41.9 Å². The van der Waals surface area contributed by atoms with Crippen LogP contribution in [0.4, 0.5) is 24.9 Å². The highest BCUT2D eigenvalue weighted by Gasteiger charge is 2.40. The maximum atomic E-state index is 13.6. The molecule has 3 fully saturated rings. The van der Waals surface area contributed by atoms with Crippen LogP contribution in [0.25, 0.3) is 0 Å². The van der Waals surface area contributed by atoms with Crippen LogP contribution in [-0.2, 0) is 21.0 Å². The summed E-state index contributed by atoms with van der Waals surface area (Å²) in [6.07, 6.45) is 5.54. The smallest absolute Gasteiger partial charge is 0.434 e. The quantitative estimate of drug-likeness (QED) is 0.0824. The van der Waals surface area contributed by atoms with Gasteiger partial charge in [-0.15, -0.1) is 4.90 Å². The summed E-state index contributed by atoms with van der Waals surface area (Å²) in [6.45, 7) is 13.3. The average molecular weight is 1070 g/mol. The summed E-state index contributed by atoms with van der Waals surface area (Å²) < 4.78 is 16.8. The first-order valence-electron chi connectivity index (χ1n) is 27.8. The van der Waals surface area contributed by atoms with Gasteiger partial charge in [0.15, 0.2) is 0 Å². The summed E-state index contributed by atoms with van der Waals surface area (Å²) in [5.74, 6) is -1.48. The van der Waals surface area contributed by atoms with Crippen molar-refractivity contribution in [2.45, 2.75) is 127 Å². The van der Waals surface area contributed by atoms with E-state index >= 15 is 0 Å². The SMILES string of the molecule is CCC1(c2cccc(OC(=O)Nc3ccc(C(=O)NC(C(=O)O)C(C)CC4CCC(CC)(c5cccc(OC(=O)N(C(=O)O)C(=O)Oc6cccc(C7(CC)CCCCN(C)C7)c6)c5)CN(C)C4)cc3)c2)CCCCN(C)C1.